The van der Waals surface area contributed by atoms with Gasteiger partial charge in [0.15, 0.2) is 0 Å². The van der Waals surface area contributed by atoms with Crippen molar-refractivity contribution in [2.24, 2.45) is 0 Å². The summed E-state index contributed by atoms with van der Waals surface area (Å²) in [5.41, 5.74) is 2.79. The van der Waals surface area contributed by atoms with Crippen molar-refractivity contribution in [1.29, 1.82) is 0 Å². The molecule has 4 rings (SSSR count). The lowest BCUT2D eigenvalue weighted by Crippen LogP contribution is -2.50. The first-order chi connectivity index (χ1) is 16.6. The number of methoxy groups -OCH3 is 1. The van der Waals surface area contributed by atoms with Gasteiger partial charge in [0.05, 0.1) is 7.11 Å². The van der Waals surface area contributed by atoms with Gasteiger partial charge in [-0.25, -0.2) is 0 Å². The molecule has 176 valence electrons. The maximum Gasteiger partial charge on any atom is 0.254 e. The summed E-state index contributed by atoms with van der Waals surface area (Å²) in [5.74, 6) is 1.57. The molecule has 0 bridgehead atoms. The predicted molar refractivity (Wildman–Crippen MR) is 131 cm³/mol. The van der Waals surface area contributed by atoms with Gasteiger partial charge in [0.25, 0.3) is 5.91 Å². The molecule has 0 saturated carbocycles. The van der Waals surface area contributed by atoms with Crippen molar-refractivity contribution in [2.75, 3.05) is 33.3 Å². The minimum absolute atomic E-state index is 0.0320. The number of aryl methyl sites for hydroxylation is 1. The van der Waals surface area contributed by atoms with E-state index in [4.69, 9.17) is 9.47 Å². The van der Waals surface area contributed by atoms with Crippen molar-refractivity contribution in [1.82, 2.24) is 9.80 Å². The van der Waals surface area contributed by atoms with E-state index in [2.05, 4.69) is 0 Å². The Balaban J connectivity index is 1.25. The lowest BCUT2D eigenvalue weighted by atomic mass is 10.1. The number of benzene rings is 3. The molecule has 0 spiro atoms. The third-order valence-electron chi connectivity index (χ3n) is 6.04. The molecule has 1 fully saturated rings. The number of nitrogens with zero attached hydrogens (tertiary/aromatic N) is 2. The van der Waals surface area contributed by atoms with Crippen LogP contribution in [-0.2, 0) is 17.8 Å². The van der Waals surface area contributed by atoms with Crippen LogP contribution in [0.5, 0.6) is 11.5 Å². The smallest absolute Gasteiger partial charge is 0.254 e. The van der Waals surface area contributed by atoms with Crippen LogP contribution in [-0.4, -0.2) is 54.9 Å². The number of ether oxygens (including phenoxy) is 2. The van der Waals surface area contributed by atoms with E-state index in [1.54, 1.807) is 13.2 Å². The number of piperazine rings is 1. The van der Waals surface area contributed by atoms with Gasteiger partial charge in [-0.1, -0.05) is 48.5 Å². The van der Waals surface area contributed by atoms with E-state index in [0.717, 1.165) is 16.9 Å². The molecule has 34 heavy (non-hydrogen) atoms. The van der Waals surface area contributed by atoms with Gasteiger partial charge in [0, 0.05) is 38.2 Å². The van der Waals surface area contributed by atoms with Gasteiger partial charge in [-0.3, -0.25) is 9.59 Å². The molecule has 1 aliphatic rings. The number of rotatable bonds is 8. The van der Waals surface area contributed by atoms with Crippen LogP contribution < -0.4 is 9.47 Å². The van der Waals surface area contributed by atoms with Crippen molar-refractivity contribution >= 4 is 11.8 Å². The van der Waals surface area contributed by atoms with Crippen molar-refractivity contribution < 1.29 is 19.1 Å². The average Bonchev–Trinajstić information content (AvgIpc) is 2.91. The quantitative estimate of drug-likeness (QED) is 0.508. The van der Waals surface area contributed by atoms with Crippen LogP contribution in [0.25, 0.3) is 0 Å². The molecule has 0 radical (unpaired) electrons. The molecule has 6 nitrogen and oxygen atoms in total. The highest BCUT2D eigenvalue weighted by atomic mass is 16.5. The fourth-order valence-corrected chi connectivity index (χ4v) is 4.00. The SMILES string of the molecule is COc1ccc(CCC(=O)N2CCN(C(=O)c3cccc(OCc4ccccc4)c3)CC2)cc1. The summed E-state index contributed by atoms with van der Waals surface area (Å²) < 4.78 is 11.0. The summed E-state index contributed by atoms with van der Waals surface area (Å²) >= 11 is 0. The van der Waals surface area contributed by atoms with Gasteiger partial charge in [-0.15, -0.1) is 0 Å². The molecule has 3 aromatic carbocycles. The third kappa shape index (κ3) is 6.16. The van der Waals surface area contributed by atoms with E-state index in [1.165, 1.54) is 0 Å². The Morgan fingerprint density at radius 2 is 1.47 bits per heavy atom. The van der Waals surface area contributed by atoms with Gasteiger partial charge in [-0.05, 0) is 47.9 Å². The molecule has 1 saturated heterocycles. The maximum atomic E-state index is 13.0. The third-order valence-corrected chi connectivity index (χ3v) is 6.04. The molecule has 1 aliphatic heterocycles. The largest absolute Gasteiger partial charge is 0.497 e. The minimum Gasteiger partial charge on any atom is -0.497 e. The maximum absolute atomic E-state index is 13.0. The summed E-state index contributed by atoms with van der Waals surface area (Å²) in [6.45, 7) is 2.62. The van der Waals surface area contributed by atoms with Crippen molar-refractivity contribution in [3.05, 3.63) is 95.6 Å². The number of carbonyl (C=O) groups excluding carboxylic acids is 2. The monoisotopic (exact) mass is 458 g/mol. The zero-order chi connectivity index (χ0) is 23.8. The van der Waals surface area contributed by atoms with Crippen molar-refractivity contribution in [2.45, 2.75) is 19.4 Å². The highest BCUT2D eigenvalue weighted by Crippen LogP contribution is 2.18. The normalized spacial score (nSPS) is 13.4. The molecule has 2 amide bonds. The van der Waals surface area contributed by atoms with E-state index in [1.807, 2.05) is 82.6 Å². The molecular formula is C28H30N2O4. The van der Waals surface area contributed by atoms with Crippen molar-refractivity contribution in [3.8, 4) is 11.5 Å². The Labute approximate surface area is 200 Å². The second kappa shape index (κ2) is 11.4. The Bertz CT molecular complexity index is 1090. The first kappa shape index (κ1) is 23.4. The Morgan fingerprint density at radius 3 is 2.18 bits per heavy atom. The summed E-state index contributed by atoms with van der Waals surface area (Å²) in [6.07, 6.45) is 1.15. The summed E-state index contributed by atoms with van der Waals surface area (Å²) in [6, 6.07) is 25.0. The Morgan fingerprint density at radius 1 is 0.765 bits per heavy atom. The van der Waals surface area contributed by atoms with Crippen LogP contribution >= 0.6 is 0 Å². The topological polar surface area (TPSA) is 59.1 Å². The zero-order valence-corrected chi connectivity index (χ0v) is 19.5. The molecule has 6 heteroatoms. The molecule has 3 aromatic rings. The number of carbonyl (C=O) groups is 2. The van der Waals surface area contributed by atoms with Crippen LogP contribution in [0.1, 0.15) is 27.9 Å². The second-order valence-electron chi connectivity index (χ2n) is 8.32. The zero-order valence-electron chi connectivity index (χ0n) is 19.5. The van der Waals surface area contributed by atoms with Gasteiger partial charge >= 0.3 is 0 Å². The molecule has 0 atom stereocenters. The van der Waals surface area contributed by atoms with Crippen LogP contribution in [0, 0.1) is 0 Å². The van der Waals surface area contributed by atoms with Crippen LogP contribution in [0.4, 0.5) is 0 Å². The van der Waals surface area contributed by atoms with Crippen LogP contribution in [0.2, 0.25) is 0 Å². The minimum atomic E-state index is -0.0320. The first-order valence-electron chi connectivity index (χ1n) is 11.6. The highest BCUT2D eigenvalue weighted by Gasteiger charge is 2.25. The molecule has 1 heterocycles. The van der Waals surface area contributed by atoms with E-state index in [9.17, 15) is 9.59 Å². The van der Waals surface area contributed by atoms with Gasteiger partial charge < -0.3 is 19.3 Å². The van der Waals surface area contributed by atoms with Crippen LogP contribution in [0.15, 0.2) is 78.9 Å². The van der Waals surface area contributed by atoms with E-state index in [0.29, 0.717) is 56.9 Å². The van der Waals surface area contributed by atoms with Gasteiger partial charge in [0.2, 0.25) is 5.91 Å². The van der Waals surface area contributed by atoms with E-state index >= 15 is 0 Å². The fraction of sp³-hybridized carbons (Fsp3) is 0.286. The number of hydrogen-bond donors (Lipinski definition) is 0. The average molecular weight is 459 g/mol. The van der Waals surface area contributed by atoms with Crippen LogP contribution in [0.3, 0.4) is 0 Å². The number of amides is 2. The lowest BCUT2D eigenvalue weighted by molar-refractivity contribution is -0.132. The molecule has 0 unspecified atom stereocenters. The second-order valence-corrected chi connectivity index (χ2v) is 8.32. The van der Waals surface area contributed by atoms with Crippen molar-refractivity contribution in [3.63, 3.8) is 0 Å². The molecular weight excluding hydrogens is 428 g/mol. The predicted octanol–water partition coefficient (Wildman–Crippen LogP) is 4.19. The van der Waals surface area contributed by atoms with Gasteiger partial charge in [0.1, 0.15) is 18.1 Å². The summed E-state index contributed by atoms with van der Waals surface area (Å²) in [5, 5.41) is 0. The first-order valence-corrected chi connectivity index (χ1v) is 11.6. The molecule has 0 aromatic heterocycles. The Hall–Kier alpha value is -3.80. The highest BCUT2D eigenvalue weighted by molar-refractivity contribution is 5.94. The van der Waals surface area contributed by atoms with E-state index < -0.39 is 0 Å². The van der Waals surface area contributed by atoms with E-state index in [-0.39, 0.29) is 11.8 Å². The Kier molecular flexibility index (Phi) is 7.81. The van der Waals surface area contributed by atoms with Gasteiger partial charge in [-0.2, -0.15) is 0 Å². The fourth-order valence-electron chi connectivity index (χ4n) is 4.00. The molecule has 0 aliphatic carbocycles. The summed E-state index contributed by atoms with van der Waals surface area (Å²) in [4.78, 5) is 29.3. The number of hydrogen-bond acceptors (Lipinski definition) is 4. The lowest BCUT2D eigenvalue weighted by Gasteiger charge is -2.35. The summed E-state index contributed by atoms with van der Waals surface area (Å²) in [7, 11) is 1.64. The standard InChI is InChI=1S/C28H30N2O4/c1-33-25-13-10-22(11-14-25)12-15-27(31)29-16-18-30(19-17-29)28(32)24-8-5-9-26(20-24)34-21-23-6-3-2-4-7-23/h2-11,13-14,20H,12,15-19,21H2,1H3. The molecule has 0 N–H and O–H groups in total.